The van der Waals surface area contributed by atoms with Crippen LogP contribution in [0.1, 0.15) is 0 Å². The van der Waals surface area contributed by atoms with Crippen molar-refractivity contribution in [3.63, 3.8) is 0 Å². The molecule has 0 aromatic heterocycles. The third kappa shape index (κ3) is 2.53. The molecular formula is C8H7F3N2O3. The molecule has 1 aromatic carbocycles. The predicted octanol–water partition coefficient (Wildman–Crippen LogP) is 2.38. The van der Waals surface area contributed by atoms with Gasteiger partial charge < -0.3 is 10.1 Å². The molecule has 0 atom stereocenters. The summed E-state index contributed by atoms with van der Waals surface area (Å²) >= 11 is 0. The summed E-state index contributed by atoms with van der Waals surface area (Å²) in [6.45, 7) is -3.12. The molecule has 1 rings (SSSR count). The fraction of sp³-hybridized carbons (Fsp3) is 0.250. The summed E-state index contributed by atoms with van der Waals surface area (Å²) in [5.74, 6) is -1.73. The summed E-state index contributed by atoms with van der Waals surface area (Å²) in [5, 5.41) is 12.8. The second-order valence-corrected chi connectivity index (χ2v) is 2.69. The number of halogens is 3. The van der Waals surface area contributed by atoms with Gasteiger partial charge in [-0.2, -0.15) is 13.2 Å². The van der Waals surface area contributed by atoms with Gasteiger partial charge in [0.15, 0.2) is 0 Å². The fourth-order valence-corrected chi connectivity index (χ4v) is 1.12. The first kappa shape index (κ1) is 12.1. The third-order valence-corrected chi connectivity index (χ3v) is 1.71. The van der Waals surface area contributed by atoms with Crippen LogP contribution in [0.5, 0.6) is 5.75 Å². The monoisotopic (exact) mass is 236 g/mol. The number of nitrogens with zero attached hydrogens (tertiary/aromatic N) is 1. The Bertz CT molecular complexity index is 412. The molecule has 0 aliphatic heterocycles. The molecule has 0 radical (unpaired) electrons. The number of nitro groups is 1. The van der Waals surface area contributed by atoms with Gasteiger partial charge in [0.2, 0.25) is 5.82 Å². The van der Waals surface area contributed by atoms with Crippen LogP contribution in [0.3, 0.4) is 0 Å². The number of ether oxygens (including phenoxy) is 1. The van der Waals surface area contributed by atoms with E-state index in [0.29, 0.717) is 6.07 Å². The highest BCUT2D eigenvalue weighted by atomic mass is 19.3. The quantitative estimate of drug-likeness (QED) is 0.643. The van der Waals surface area contributed by atoms with Gasteiger partial charge in [0.1, 0.15) is 11.4 Å². The molecule has 0 aliphatic carbocycles. The Hall–Kier alpha value is -1.99. The van der Waals surface area contributed by atoms with Crippen molar-refractivity contribution in [3.8, 4) is 5.75 Å². The van der Waals surface area contributed by atoms with Crippen LogP contribution in [0, 0.1) is 15.9 Å². The maximum absolute atomic E-state index is 13.2. The number of hydrogen-bond acceptors (Lipinski definition) is 4. The van der Waals surface area contributed by atoms with E-state index in [0.717, 1.165) is 6.07 Å². The summed E-state index contributed by atoms with van der Waals surface area (Å²) in [6.07, 6.45) is 0. The van der Waals surface area contributed by atoms with Crippen LogP contribution in [0.25, 0.3) is 0 Å². The Labute approximate surface area is 88.0 Å². The zero-order valence-electron chi connectivity index (χ0n) is 8.04. The zero-order valence-corrected chi connectivity index (χ0v) is 8.04. The third-order valence-electron chi connectivity index (χ3n) is 1.71. The van der Waals surface area contributed by atoms with Gasteiger partial charge in [-0.3, -0.25) is 10.1 Å². The number of nitro benzene ring substituents is 1. The van der Waals surface area contributed by atoms with Crippen LogP contribution in [0.2, 0.25) is 0 Å². The molecule has 0 heterocycles. The SMILES string of the molecule is CNc1cc(OC(F)F)cc(F)c1[N+](=O)[O-]. The highest BCUT2D eigenvalue weighted by Gasteiger charge is 2.22. The largest absolute Gasteiger partial charge is 0.435 e. The van der Waals surface area contributed by atoms with Gasteiger partial charge in [-0.1, -0.05) is 0 Å². The van der Waals surface area contributed by atoms with Crippen LogP contribution in [-0.4, -0.2) is 18.6 Å². The molecule has 0 fully saturated rings. The van der Waals surface area contributed by atoms with Gasteiger partial charge in [0.25, 0.3) is 0 Å². The van der Waals surface area contributed by atoms with E-state index in [1.807, 2.05) is 0 Å². The van der Waals surface area contributed by atoms with E-state index in [-0.39, 0.29) is 5.69 Å². The van der Waals surface area contributed by atoms with E-state index in [4.69, 9.17) is 0 Å². The minimum absolute atomic E-state index is 0.236. The molecule has 0 saturated heterocycles. The predicted molar refractivity (Wildman–Crippen MR) is 49.2 cm³/mol. The Morgan fingerprint density at radius 3 is 2.56 bits per heavy atom. The molecule has 0 saturated carbocycles. The Morgan fingerprint density at radius 1 is 1.50 bits per heavy atom. The van der Waals surface area contributed by atoms with Crippen LogP contribution in [-0.2, 0) is 0 Å². The van der Waals surface area contributed by atoms with Crippen molar-refractivity contribution in [1.82, 2.24) is 0 Å². The highest BCUT2D eigenvalue weighted by molar-refractivity contribution is 5.64. The second kappa shape index (κ2) is 4.69. The van der Waals surface area contributed by atoms with Gasteiger partial charge in [-0.25, -0.2) is 0 Å². The van der Waals surface area contributed by atoms with Gasteiger partial charge in [0, 0.05) is 19.2 Å². The molecule has 0 unspecified atom stereocenters. The smallest absolute Gasteiger partial charge is 0.387 e. The zero-order chi connectivity index (χ0) is 12.3. The molecule has 1 N–H and O–H groups in total. The van der Waals surface area contributed by atoms with Gasteiger partial charge >= 0.3 is 12.3 Å². The second-order valence-electron chi connectivity index (χ2n) is 2.69. The van der Waals surface area contributed by atoms with Crippen molar-refractivity contribution < 1.29 is 22.8 Å². The minimum Gasteiger partial charge on any atom is -0.435 e. The number of anilines is 1. The average molecular weight is 236 g/mol. The summed E-state index contributed by atoms with van der Waals surface area (Å²) in [7, 11) is 1.30. The van der Waals surface area contributed by atoms with Gasteiger partial charge in [0.05, 0.1) is 4.92 Å². The maximum atomic E-state index is 13.2. The van der Waals surface area contributed by atoms with Gasteiger partial charge in [-0.15, -0.1) is 0 Å². The summed E-state index contributed by atoms with van der Waals surface area (Å²) < 4.78 is 40.8. The number of hydrogen-bond donors (Lipinski definition) is 1. The van der Waals surface area contributed by atoms with Crippen LogP contribution >= 0.6 is 0 Å². The first-order valence-corrected chi connectivity index (χ1v) is 4.06. The molecule has 0 bridgehead atoms. The van der Waals surface area contributed by atoms with Crippen LogP contribution in [0.4, 0.5) is 24.5 Å². The normalized spacial score (nSPS) is 10.3. The molecular weight excluding hydrogens is 229 g/mol. The van der Waals surface area contributed by atoms with Crippen molar-refractivity contribution in [2.45, 2.75) is 6.61 Å². The number of benzene rings is 1. The minimum atomic E-state index is -3.12. The van der Waals surface area contributed by atoms with E-state index in [1.54, 1.807) is 0 Å². The molecule has 1 aromatic rings. The van der Waals surface area contributed by atoms with Crippen LogP contribution in [0.15, 0.2) is 12.1 Å². The lowest BCUT2D eigenvalue weighted by Gasteiger charge is -2.08. The van der Waals surface area contributed by atoms with Crippen molar-refractivity contribution in [2.24, 2.45) is 0 Å². The highest BCUT2D eigenvalue weighted by Crippen LogP contribution is 2.32. The molecule has 5 nitrogen and oxygen atoms in total. The molecule has 88 valence electrons. The van der Waals surface area contributed by atoms with Crippen molar-refractivity contribution >= 4 is 11.4 Å². The number of alkyl halides is 2. The van der Waals surface area contributed by atoms with E-state index < -0.39 is 28.8 Å². The van der Waals surface area contributed by atoms with E-state index in [2.05, 4.69) is 10.1 Å². The summed E-state index contributed by atoms with van der Waals surface area (Å²) in [4.78, 5) is 9.52. The first-order valence-electron chi connectivity index (χ1n) is 4.06. The molecule has 8 heteroatoms. The van der Waals surface area contributed by atoms with E-state index in [1.165, 1.54) is 7.05 Å². The van der Waals surface area contributed by atoms with Gasteiger partial charge in [-0.05, 0) is 0 Å². The van der Waals surface area contributed by atoms with Crippen molar-refractivity contribution in [2.75, 3.05) is 12.4 Å². The average Bonchev–Trinajstić information content (AvgIpc) is 2.14. The Morgan fingerprint density at radius 2 is 2.12 bits per heavy atom. The standard InChI is InChI=1S/C8H7F3N2O3/c1-12-6-3-4(16-8(10)11)2-5(9)7(6)13(14)15/h2-3,8,12H,1H3. The van der Waals surface area contributed by atoms with E-state index in [9.17, 15) is 23.3 Å². The molecule has 0 spiro atoms. The number of rotatable bonds is 4. The lowest BCUT2D eigenvalue weighted by molar-refractivity contribution is -0.386. The van der Waals surface area contributed by atoms with E-state index >= 15 is 0 Å². The summed E-state index contributed by atoms with van der Waals surface area (Å²) in [6, 6.07) is 1.46. The molecule has 0 aliphatic rings. The number of nitrogens with one attached hydrogen (secondary N) is 1. The Kier molecular flexibility index (Phi) is 3.54. The Balaban J connectivity index is 3.21. The van der Waals surface area contributed by atoms with Crippen molar-refractivity contribution in [3.05, 3.63) is 28.1 Å². The first-order chi connectivity index (χ1) is 7.45. The van der Waals surface area contributed by atoms with Crippen molar-refractivity contribution in [1.29, 1.82) is 0 Å². The summed E-state index contributed by atoms with van der Waals surface area (Å²) in [5.41, 5.74) is -1.05. The lowest BCUT2D eigenvalue weighted by Crippen LogP contribution is -2.05. The molecule has 16 heavy (non-hydrogen) atoms. The maximum Gasteiger partial charge on any atom is 0.387 e. The molecule has 0 amide bonds. The lowest BCUT2D eigenvalue weighted by atomic mass is 10.2. The van der Waals surface area contributed by atoms with Crippen LogP contribution < -0.4 is 10.1 Å². The topological polar surface area (TPSA) is 64.4 Å². The fourth-order valence-electron chi connectivity index (χ4n) is 1.12.